The maximum atomic E-state index is 12.8. The van der Waals surface area contributed by atoms with E-state index in [-0.39, 0.29) is 18.9 Å². The molecule has 1 amide bonds. The fraction of sp³-hybridized carbons (Fsp3) is 0.158. The van der Waals surface area contributed by atoms with E-state index >= 15 is 0 Å². The summed E-state index contributed by atoms with van der Waals surface area (Å²) in [7, 11) is 0. The van der Waals surface area contributed by atoms with E-state index in [9.17, 15) is 9.59 Å². The van der Waals surface area contributed by atoms with Crippen molar-refractivity contribution in [3.8, 4) is 5.75 Å². The van der Waals surface area contributed by atoms with Crippen LogP contribution in [0.5, 0.6) is 5.75 Å². The Bertz CT molecular complexity index is 830. The van der Waals surface area contributed by atoms with Crippen molar-refractivity contribution in [3.63, 3.8) is 0 Å². The Hall–Kier alpha value is -2.79. The summed E-state index contributed by atoms with van der Waals surface area (Å²) in [4.78, 5) is 26.0. The molecule has 0 N–H and O–H groups in total. The van der Waals surface area contributed by atoms with Gasteiger partial charge in [0.05, 0.1) is 12.3 Å². The molecule has 1 heterocycles. The van der Waals surface area contributed by atoms with E-state index in [4.69, 9.17) is 21.1 Å². The minimum atomic E-state index is -0.474. The third-order valence-corrected chi connectivity index (χ3v) is 3.84. The van der Waals surface area contributed by atoms with Gasteiger partial charge in [0.15, 0.2) is 11.5 Å². The maximum Gasteiger partial charge on any atom is 0.326 e. The minimum absolute atomic E-state index is 0.130. The van der Waals surface area contributed by atoms with Crippen LogP contribution in [0.4, 0.5) is 5.69 Å². The monoisotopic (exact) mass is 357 g/mol. The number of rotatable bonds is 4. The number of carbonyl (C=O) groups is 2. The van der Waals surface area contributed by atoms with E-state index < -0.39 is 11.9 Å². The van der Waals surface area contributed by atoms with Crippen molar-refractivity contribution in [2.75, 3.05) is 18.1 Å². The molecule has 0 unspecified atom stereocenters. The molecule has 1 aliphatic heterocycles. The Kier molecular flexibility index (Phi) is 5.05. The molecule has 0 saturated heterocycles. The number of carbonyl (C=O) groups excluding carboxylic acids is 2. The molecule has 0 aliphatic carbocycles. The van der Waals surface area contributed by atoms with Crippen LogP contribution in [0.3, 0.4) is 0 Å². The third kappa shape index (κ3) is 3.83. The van der Waals surface area contributed by atoms with Crippen molar-refractivity contribution in [3.05, 3.63) is 64.9 Å². The first-order valence-corrected chi connectivity index (χ1v) is 8.18. The van der Waals surface area contributed by atoms with Gasteiger partial charge in [0, 0.05) is 5.02 Å². The van der Waals surface area contributed by atoms with Crippen molar-refractivity contribution in [1.82, 2.24) is 0 Å². The lowest BCUT2D eigenvalue weighted by Gasteiger charge is -2.29. The summed E-state index contributed by atoms with van der Waals surface area (Å²) >= 11 is 5.88. The van der Waals surface area contributed by atoms with E-state index in [1.165, 1.54) is 4.90 Å². The van der Waals surface area contributed by atoms with E-state index in [0.29, 0.717) is 16.5 Å². The summed E-state index contributed by atoms with van der Waals surface area (Å²) in [5.41, 5.74) is 1.30. The number of fused-ring (bicyclic) bond motifs is 1. The van der Waals surface area contributed by atoms with Crippen molar-refractivity contribution in [1.29, 1.82) is 0 Å². The topological polar surface area (TPSA) is 55.8 Å². The zero-order chi connectivity index (χ0) is 17.8. The Morgan fingerprint density at radius 3 is 2.64 bits per heavy atom. The number of ether oxygens (including phenoxy) is 2. The van der Waals surface area contributed by atoms with Crippen LogP contribution in [-0.2, 0) is 14.3 Å². The first kappa shape index (κ1) is 17.0. The average Bonchev–Trinajstić information content (AvgIpc) is 2.60. The summed E-state index contributed by atoms with van der Waals surface area (Å²) in [6, 6.07) is 14.1. The molecular formula is C19H16ClNO4. The second-order valence-electron chi connectivity index (χ2n) is 5.33. The molecule has 0 fully saturated rings. The molecule has 2 aromatic rings. The molecule has 0 aromatic heterocycles. The Balaban J connectivity index is 1.96. The molecule has 5 nitrogen and oxygen atoms in total. The maximum absolute atomic E-state index is 12.8. The molecule has 3 rings (SSSR count). The molecule has 25 heavy (non-hydrogen) atoms. The second-order valence-corrected chi connectivity index (χ2v) is 5.76. The molecular weight excluding hydrogens is 342 g/mol. The van der Waals surface area contributed by atoms with Gasteiger partial charge in [-0.25, -0.2) is 0 Å². The summed E-state index contributed by atoms with van der Waals surface area (Å²) in [5.74, 6) is -0.239. The SMILES string of the molecule is CCOC(=O)CN1C(=O)/C(=C/c2ccc(Cl)cc2)Oc2ccccc21. The molecule has 0 spiro atoms. The van der Waals surface area contributed by atoms with Crippen LogP contribution in [0.2, 0.25) is 5.02 Å². The number of anilines is 1. The zero-order valence-electron chi connectivity index (χ0n) is 13.6. The summed E-state index contributed by atoms with van der Waals surface area (Å²) in [6.07, 6.45) is 1.62. The largest absolute Gasteiger partial charge is 0.465 e. The number of para-hydroxylation sites is 2. The quantitative estimate of drug-likeness (QED) is 0.619. The Labute approximate surface area is 150 Å². The van der Waals surface area contributed by atoms with Crippen LogP contribution in [0.25, 0.3) is 6.08 Å². The molecule has 0 bridgehead atoms. The van der Waals surface area contributed by atoms with Gasteiger partial charge < -0.3 is 9.47 Å². The Morgan fingerprint density at radius 2 is 1.92 bits per heavy atom. The third-order valence-electron chi connectivity index (χ3n) is 3.59. The fourth-order valence-corrected chi connectivity index (χ4v) is 2.59. The Morgan fingerprint density at radius 1 is 1.20 bits per heavy atom. The second kappa shape index (κ2) is 7.40. The molecule has 0 radical (unpaired) electrons. The van der Waals surface area contributed by atoms with Crippen molar-refractivity contribution < 1.29 is 19.1 Å². The van der Waals surface area contributed by atoms with Gasteiger partial charge in [-0.3, -0.25) is 14.5 Å². The smallest absolute Gasteiger partial charge is 0.326 e. The summed E-state index contributed by atoms with van der Waals surface area (Å²) < 4.78 is 10.7. The number of esters is 1. The number of benzene rings is 2. The summed E-state index contributed by atoms with van der Waals surface area (Å²) in [6.45, 7) is 1.80. The lowest BCUT2D eigenvalue weighted by atomic mass is 10.1. The number of halogens is 1. The summed E-state index contributed by atoms with van der Waals surface area (Å²) in [5, 5.41) is 0.604. The highest BCUT2D eigenvalue weighted by Gasteiger charge is 2.31. The van der Waals surface area contributed by atoms with Crippen LogP contribution in [0, 0.1) is 0 Å². The highest BCUT2D eigenvalue weighted by Crippen LogP contribution is 2.35. The highest BCUT2D eigenvalue weighted by atomic mass is 35.5. The van der Waals surface area contributed by atoms with Gasteiger partial charge >= 0.3 is 5.97 Å². The zero-order valence-corrected chi connectivity index (χ0v) is 14.3. The number of nitrogens with zero attached hydrogens (tertiary/aromatic N) is 1. The van der Waals surface area contributed by atoms with E-state index in [2.05, 4.69) is 0 Å². The molecule has 0 atom stereocenters. The van der Waals surface area contributed by atoms with E-state index in [0.717, 1.165) is 5.56 Å². The molecule has 128 valence electrons. The van der Waals surface area contributed by atoms with Gasteiger partial charge in [0.25, 0.3) is 5.91 Å². The fourth-order valence-electron chi connectivity index (χ4n) is 2.47. The molecule has 0 saturated carbocycles. The van der Waals surface area contributed by atoms with Crippen molar-refractivity contribution >= 4 is 35.2 Å². The van der Waals surface area contributed by atoms with Crippen LogP contribution in [0.15, 0.2) is 54.3 Å². The first-order valence-electron chi connectivity index (χ1n) is 7.80. The van der Waals surface area contributed by atoms with Gasteiger partial charge in [-0.05, 0) is 42.8 Å². The predicted molar refractivity (Wildman–Crippen MR) is 95.5 cm³/mol. The minimum Gasteiger partial charge on any atom is -0.465 e. The average molecular weight is 358 g/mol. The van der Waals surface area contributed by atoms with Crippen LogP contribution in [-0.4, -0.2) is 25.0 Å². The van der Waals surface area contributed by atoms with Gasteiger partial charge in [-0.1, -0.05) is 35.9 Å². The number of hydrogen-bond donors (Lipinski definition) is 0. The standard InChI is InChI=1S/C19H16ClNO4/c1-2-24-18(22)12-21-15-5-3-4-6-16(15)25-17(19(21)23)11-13-7-9-14(20)10-8-13/h3-11H,2,12H2,1H3/b17-11-. The molecule has 6 heteroatoms. The van der Waals surface area contributed by atoms with Crippen molar-refractivity contribution in [2.24, 2.45) is 0 Å². The lowest BCUT2D eigenvalue weighted by Crippen LogP contribution is -2.41. The predicted octanol–water partition coefficient (Wildman–Crippen LogP) is 3.67. The van der Waals surface area contributed by atoms with Crippen molar-refractivity contribution in [2.45, 2.75) is 6.92 Å². The van der Waals surface area contributed by atoms with E-state index in [1.807, 2.05) is 0 Å². The van der Waals surface area contributed by atoms with E-state index in [1.54, 1.807) is 61.5 Å². The normalized spacial score (nSPS) is 14.9. The first-order chi connectivity index (χ1) is 12.1. The van der Waals surface area contributed by atoms with Crippen LogP contribution < -0.4 is 9.64 Å². The number of amides is 1. The van der Waals surface area contributed by atoms with Crippen LogP contribution in [0.1, 0.15) is 12.5 Å². The van der Waals surface area contributed by atoms with Crippen LogP contribution >= 0.6 is 11.6 Å². The van der Waals surface area contributed by atoms with Gasteiger partial charge in [-0.15, -0.1) is 0 Å². The van der Waals surface area contributed by atoms with Gasteiger partial charge in [0.2, 0.25) is 0 Å². The molecule has 2 aromatic carbocycles. The highest BCUT2D eigenvalue weighted by molar-refractivity contribution is 6.30. The lowest BCUT2D eigenvalue weighted by molar-refractivity contribution is -0.142. The number of hydrogen-bond acceptors (Lipinski definition) is 4. The van der Waals surface area contributed by atoms with Gasteiger partial charge in [-0.2, -0.15) is 0 Å². The van der Waals surface area contributed by atoms with Gasteiger partial charge in [0.1, 0.15) is 6.54 Å². The molecule has 1 aliphatic rings.